The zero-order valence-electron chi connectivity index (χ0n) is 37.2. The van der Waals surface area contributed by atoms with E-state index in [4.69, 9.17) is 9.97 Å². The van der Waals surface area contributed by atoms with Crippen LogP contribution in [0, 0.1) is 13.8 Å². The average molecular weight is 854 g/mol. The minimum atomic E-state index is -0.567. The summed E-state index contributed by atoms with van der Waals surface area (Å²) in [5, 5.41) is 7.11. The zero-order chi connectivity index (χ0) is 44.6. The smallest absolute Gasteiger partial charge is 0.0791 e. The maximum atomic E-state index is 5.68. The fourth-order valence-electron chi connectivity index (χ4n) is 11.4. The molecule has 0 radical (unpaired) electrons. The van der Waals surface area contributed by atoms with E-state index in [0.29, 0.717) is 0 Å². The van der Waals surface area contributed by atoms with E-state index in [1.54, 1.807) is 0 Å². The van der Waals surface area contributed by atoms with Crippen LogP contribution in [0.1, 0.15) is 33.4 Å². The van der Waals surface area contributed by atoms with E-state index in [-0.39, 0.29) is 0 Å². The van der Waals surface area contributed by atoms with Crippen molar-refractivity contribution in [3.8, 4) is 55.9 Å². The topological polar surface area (TPSA) is 38.7 Å². The fourth-order valence-corrected chi connectivity index (χ4v) is 11.4. The lowest BCUT2D eigenvalue weighted by atomic mass is 9.67. The minimum absolute atomic E-state index is 0.567. The van der Waals surface area contributed by atoms with Crippen molar-refractivity contribution in [2.24, 2.45) is 0 Å². The van der Waals surface area contributed by atoms with Crippen LogP contribution in [0.5, 0.6) is 0 Å². The maximum absolute atomic E-state index is 5.68. The maximum Gasteiger partial charge on any atom is 0.0791 e. The normalized spacial score (nSPS) is 12.7. The number of para-hydroxylation sites is 1. The van der Waals surface area contributed by atoms with Gasteiger partial charge in [0.2, 0.25) is 0 Å². The molecule has 0 fully saturated rings. The molecule has 0 N–H and O–H groups in total. The molecule has 0 spiro atoms. The molecule has 0 bridgehead atoms. The Bertz CT molecular complexity index is 3860. The van der Waals surface area contributed by atoms with Gasteiger partial charge in [-0.1, -0.05) is 176 Å². The van der Waals surface area contributed by atoms with Gasteiger partial charge in [0, 0.05) is 45.1 Å². The highest BCUT2D eigenvalue weighted by atomic mass is 14.7. The molecule has 0 atom stereocenters. The number of pyridine rings is 3. The summed E-state index contributed by atoms with van der Waals surface area (Å²) in [6, 6.07) is 77.3. The van der Waals surface area contributed by atoms with E-state index >= 15 is 0 Å². The van der Waals surface area contributed by atoms with Gasteiger partial charge in [0.15, 0.2) is 0 Å². The summed E-state index contributed by atoms with van der Waals surface area (Å²) in [7, 11) is 0. The standard InChI is InChI=1S/C64H43N3/c1-40-58-52-25-15-16-26-56(52)66-62(43-17-7-3-8-18-43)60(58)41(2)59-53-32-29-47(39-57(53)67-63(61(40)59)44-19-9-4-10-20-44)46-28-31-51-50-30-27-45(42-33-35-65-36-34-42)37-54(50)64(55(51)38-46,48-21-11-5-12-22-48)49-23-13-6-14-24-49/h3-39H,1-2H3. The first kappa shape index (κ1) is 38.9. The summed E-state index contributed by atoms with van der Waals surface area (Å²) in [4.78, 5) is 15.4. The van der Waals surface area contributed by atoms with Crippen LogP contribution in [-0.4, -0.2) is 15.0 Å². The van der Waals surface area contributed by atoms with Gasteiger partial charge in [0.05, 0.1) is 27.8 Å². The van der Waals surface area contributed by atoms with Crippen LogP contribution < -0.4 is 0 Å². The number of hydrogen-bond donors (Lipinski definition) is 0. The molecule has 3 aromatic heterocycles. The number of aryl methyl sites for hydroxylation is 2. The van der Waals surface area contributed by atoms with Crippen molar-refractivity contribution in [3.05, 3.63) is 258 Å². The second kappa shape index (κ2) is 15.3. The first-order chi connectivity index (χ1) is 33.1. The van der Waals surface area contributed by atoms with E-state index in [9.17, 15) is 0 Å². The lowest BCUT2D eigenvalue weighted by molar-refractivity contribution is 0.769. The Hall–Kier alpha value is -8.53. The van der Waals surface area contributed by atoms with E-state index < -0.39 is 5.41 Å². The molecule has 67 heavy (non-hydrogen) atoms. The Kier molecular flexibility index (Phi) is 8.88. The Morgan fingerprint density at radius 3 is 1.31 bits per heavy atom. The van der Waals surface area contributed by atoms with E-state index in [0.717, 1.165) is 61.0 Å². The van der Waals surface area contributed by atoms with Crippen LogP contribution in [0.4, 0.5) is 0 Å². The molecule has 0 saturated carbocycles. The predicted molar refractivity (Wildman–Crippen MR) is 278 cm³/mol. The monoisotopic (exact) mass is 853 g/mol. The van der Waals surface area contributed by atoms with Crippen molar-refractivity contribution in [2.75, 3.05) is 0 Å². The summed E-state index contributed by atoms with van der Waals surface area (Å²) >= 11 is 0. The molecule has 3 heteroatoms. The molecule has 3 heterocycles. The Labute approximate surface area is 389 Å². The molecule has 12 aromatic rings. The van der Waals surface area contributed by atoms with Crippen molar-refractivity contribution >= 4 is 43.4 Å². The summed E-state index contributed by atoms with van der Waals surface area (Å²) in [5.41, 5.74) is 20.1. The van der Waals surface area contributed by atoms with Crippen LogP contribution in [0.3, 0.4) is 0 Å². The number of nitrogens with zero attached hydrogens (tertiary/aromatic N) is 3. The highest BCUT2D eigenvalue weighted by Gasteiger charge is 2.46. The lowest BCUT2D eigenvalue weighted by Gasteiger charge is -2.34. The van der Waals surface area contributed by atoms with Gasteiger partial charge in [0.25, 0.3) is 0 Å². The lowest BCUT2D eigenvalue weighted by Crippen LogP contribution is -2.28. The number of aromatic nitrogens is 3. The number of rotatable bonds is 6. The summed E-state index contributed by atoms with van der Waals surface area (Å²) in [6.45, 7) is 4.58. The molecule has 13 rings (SSSR count). The Morgan fingerprint density at radius 1 is 0.328 bits per heavy atom. The summed E-state index contributed by atoms with van der Waals surface area (Å²) in [6.07, 6.45) is 3.75. The van der Waals surface area contributed by atoms with Crippen molar-refractivity contribution in [1.29, 1.82) is 0 Å². The van der Waals surface area contributed by atoms with Gasteiger partial charge in [-0.3, -0.25) is 4.98 Å². The SMILES string of the molecule is Cc1c2c(-c3ccccc3)nc3cc(-c4ccc5c(c4)C(c4ccccc4)(c4ccccc4)c4cc(-c6ccncc6)ccc4-5)ccc3c2c(C)c2c(-c3ccccc3)nc3ccccc3c12. The molecular weight excluding hydrogens is 811 g/mol. The molecule has 9 aromatic carbocycles. The molecule has 0 saturated heterocycles. The molecule has 1 aliphatic rings. The molecular formula is C64H43N3. The van der Waals surface area contributed by atoms with Gasteiger partial charge < -0.3 is 0 Å². The first-order valence-corrected chi connectivity index (χ1v) is 23.1. The van der Waals surface area contributed by atoms with Crippen molar-refractivity contribution in [1.82, 2.24) is 15.0 Å². The Balaban J connectivity index is 1.08. The molecule has 0 amide bonds. The van der Waals surface area contributed by atoms with Crippen LogP contribution in [0.15, 0.2) is 225 Å². The van der Waals surface area contributed by atoms with Crippen molar-refractivity contribution in [3.63, 3.8) is 0 Å². The molecule has 314 valence electrons. The van der Waals surface area contributed by atoms with Gasteiger partial charge in [-0.15, -0.1) is 0 Å². The quantitative estimate of drug-likeness (QED) is 0.124. The van der Waals surface area contributed by atoms with Crippen molar-refractivity contribution in [2.45, 2.75) is 19.3 Å². The van der Waals surface area contributed by atoms with Crippen LogP contribution >= 0.6 is 0 Å². The second-order valence-electron chi connectivity index (χ2n) is 17.9. The van der Waals surface area contributed by atoms with Gasteiger partial charge in [0.1, 0.15) is 0 Å². The molecule has 0 aliphatic heterocycles. The molecule has 0 unspecified atom stereocenters. The average Bonchev–Trinajstić information content (AvgIpc) is 3.70. The summed E-state index contributed by atoms with van der Waals surface area (Å²) in [5.74, 6) is 0. The number of hydrogen-bond acceptors (Lipinski definition) is 3. The number of fused-ring (bicyclic) bond motifs is 9. The third-order valence-corrected chi connectivity index (χ3v) is 14.4. The highest BCUT2D eigenvalue weighted by Crippen LogP contribution is 2.57. The fraction of sp³-hybridized carbons (Fsp3) is 0.0469. The Morgan fingerprint density at radius 2 is 0.761 bits per heavy atom. The van der Waals surface area contributed by atoms with E-state index in [1.807, 2.05) is 12.4 Å². The van der Waals surface area contributed by atoms with Crippen molar-refractivity contribution < 1.29 is 0 Å². The van der Waals surface area contributed by atoms with Crippen LogP contribution in [0.2, 0.25) is 0 Å². The van der Waals surface area contributed by atoms with Gasteiger partial charge in [-0.25, -0.2) is 9.97 Å². The van der Waals surface area contributed by atoms with E-state index in [2.05, 4.69) is 231 Å². The summed E-state index contributed by atoms with van der Waals surface area (Å²) < 4.78 is 0. The minimum Gasteiger partial charge on any atom is -0.265 e. The van der Waals surface area contributed by atoms with Crippen LogP contribution in [0.25, 0.3) is 99.2 Å². The molecule has 1 aliphatic carbocycles. The van der Waals surface area contributed by atoms with Crippen LogP contribution in [-0.2, 0) is 5.41 Å². The highest BCUT2D eigenvalue weighted by molar-refractivity contribution is 6.25. The first-order valence-electron chi connectivity index (χ1n) is 23.1. The molecule has 3 nitrogen and oxygen atoms in total. The van der Waals surface area contributed by atoms with Gasteiger partial charge >= 0.3 is 0 Å². The third-order valence-electron chi connectivity index (χ3n) is 14.4. The third kappa shape index (κ3) is 5.88. The zero-order valence-corrected chi connectivity index (χ0v) is 37.2. The van der Waals surface area contributed by atoms with E-state index in [1.165, 1.54) is 71.6 Å². The predicted octanol–water partition coefficient (Wildman–Crippen LogP) is 16.1. The largest absolute Gasteiger partial charge is 0.265 e. The second-order valence-corrected chi connectivity index (χ2v) is 17.9. The van der Waals surface area contributed by atoms with Gasteiger partial charge in [-0.05, 0) is 128 Å². The van der Waals surface area contributed by atoms with Gasteiger partial charge in [-0.2, -0.15) is 0 Å². The number of benzene rings is 9.